The largest absolute Gasteiger partial charge is 0.483 e. The molecule has 0 unspecified atom stereocenters. The number of hydrogen-bond acceptors (Lipinski definition) is 4. The number of anilines is 1. The summed E-state index contributed by atoms with van der Waals surface area (Å²) in [4.78, 5) is 22.7. The minimum Gasteiger partial charge on any atom is -0.483 e. The van der Waals surface area contributed by atoms with Gasteiger partial charge >= 0.3 is 0 Å². The van der Waals surface area contributed by atoms with Gasteiger partial charge in [0.15, 0.2) is 6.61 Å². The third kappa shape index (κ3) is 5.53. The molecule has 2 N–H and O–H groups in total. The number of carbonyl (C=O) groups excluding carboxylic acids is 2. The quantitative estimate of drug-likeness (QED) is 0.630. The normalized spacial score (nSPS) is 10.4. The van der Waals surface area contributed by atoms with Crippen LogP contribution < -0.4 is 15.5 Å². The number of halogens is 1. The standard InChI is InChI=1S/C17H16FN3O3/c1-12(22)21-19-10-13-4-2-3-5-16(13)24-11-17(23)20-15-8-6-14(18)7-9-15/h2-10H,11H2,1H3,(H,20,23)(H,21,22)/b19-10-. The minimum absolute atomic E-state index is 0.220. The van der Waals surface area contributed by atoms with E-state index in [1.54, 1.807) is 24.3 Å². The van der Waals surface area contributed by atoms with E-state index in [4.69, 9.17) is 4.74 Å². The Balaban J connectivity index is 1.93. The Kier molecular flexibility index (Phi) is 6.01. The van der Waals surface area contributed by atoms with E-state index < -0.39 is 0 Å². The van der Waals surface area contributed by atoms with Gasteiger partial charge in [-0.3, -0.25) is 9.59 Å². The fourth-order valence-electron chi connectivity index (χ4n) is 1.78. The van der Waals surface area contributed by atoms with Gasteiger partial charge in [0.05, 0.1) is 6.21 Å². The van der Waals surface area contributed by atoms with Crippen LogP contribution in [0.15, 0.2) is 53.6 Å². The molecular formula is C17H16FN3O3. The molecule has 24 heavy (non-hydrogen) atoms. The van der Waals surface area contributed by atoms with E-state index in [1.165, 1.54) is 37.4 Å². The van der Waals surface area contributed by atoms with Gasteiger partial charge in [-0.1, -0.05) is 12.1 Å². The maximum absolute atomic E-state index is 12.8. The van der Waals surface area contributed by atoms with E-state index >= 15 is 0 Å². The Morgan fingerprint density at radius 2 is 1.88 bits per heavy atom. The number of rotatable bonds is 6. The number of para-hydroxylation sites is 1. The zero-order valence-electron chi connectivity index (χ0n) is 13.0. The van der Waals surface area contributed by atoms with Gasteiger partial charge in [-0.15, -0.1) is 0 Å². The summed E-state index contributed by atoms with van der Waals surface area (Å²) in [6.07, 6.45) is 1.43. The summed E-state index contributed by atoms with van der Waals surface area (Å²) in [5.41, 5.74) is 3.38. The van der Waals surface area contributed by atoms with Crippen LogP contribution in [0.1, 0.15) is 12.5 Å². The van der Waals surface area contributed by atoms with Gasteiger partial charge in [0.2, 0.25) is 5.91 Å². The smallest absolute Gasteiger partial charge is 0.262 e. The van der Waals surface area contributed by atoms with Crippen LogP contribution in [-0.2, 0) is 9.59 Å². The first-order valence-corrected chi connectivity index (χ1v) is 7.11. The van der Waals surface area contributed by atoms with Gasteiger partial charge in [-0.05, 0) is 36.4 Å². The van der Waals surface area contributed by atoms with Crippen molar-refractivity contribution in [2.24, 2.45) is 5.10 Å². The van der Waals surface area contributed by atoms with E-state index in [2.05, 4.69) is 15.8 Å². The van der Waals surface area contributed by atoms with Crippen LogP contribution in [0, 0.1) is 5.82 Å². The highest BCUT2D eigenvalue weighted by atomic mass is 19.1. The summed E-state index contributed by atoms with van der Waals surface area (Å²) in [7, 11) is 0. The molecule has 0 atom stereocenters. The Hall–Kier alpha value is -3.22. The van der Waals surface area contributed by atoms with Crippen molar-refractivity contribution in [1.82, 2.24) is 5.43 Å². The molecular weight excluding hydrogens is 313 g/mol. The third-order valence-electron chi connectivity index (χ3n) is 2.83. The zero-order valence-corrected chi connectivity index (χ0v) is 13.0. The van der Waals surface area contributed by atoms with E-state index in [0.29, 0.717) is 17.0 Å². The van der Waals surface area contributed by atoms with Crippen molar-refractivity contribution in [3.05, 3.63) is 59.9 Å². The molecule has 0 radical (unpaired) electrons. The Morgan fingerprint density at radius 3 is 2.58 bits per heavy atom. The van der Waals surface area contributed by atoms with Crippen molar-refractivity contribution in [3.8, 4) is 5.75 Å². The lowest BCUT2D eigenvalue weighted by Gasteiger charge is -2.09. The highest BCUT2D eigenvalue weighted by molar-refractivity contribution is 5.92. The average molecular weight is 329 g/mol. The molecule has 0 heterocycles. The first-order valence-electron chi connectivity index (χ1n) is 7.11. The van der Waals surface area contributed by atoms with Crippen LogP contribution in [0.25, 0.3) is 0 Å². The van der Waals surface area contributed by atoms with Crippen LogP contribution in [-0.4, -0.2) is 24.6 Å². The molecule has 0 aliphatic carbocycles. The number of hydrogen-bond donors (Lipinski definition) is 2. The van der Waals surface area contributed by atoms with Gasteiger partial charge in [-0.25, -0.2) is 9.82 Å². The highest BCUT2D eigenvalue weighted by Gasteiger charge is 2.06. The molecule has 0 aromatic heterocycles. The number of nitrogens with zero attached hydrogens (tertiary/aromatic N) is 1. The number of carbonyl (C=O) groups is 2. The van der Waals surface area contributed by atoms with Crippen LogP contribution in [0.2, 0.25) is 0 Å². The van der Waals surface area contributed by atoms with E-state index in [1.807, 2.05) is 0 Å². The van der Waals surface area contributed by atoms with Crippen molar-refractivity contribution < 1.29 is 18.7 Å². The topological polar surface area (TPSA) is 79.8 Å². The summed E-state index contributed by atoms with van der Waals surface area (Å²) in [6, 6.07) is 12.4. The molecule has 2 rings (SSSR count). The fourth-order valence-corrected chi connectivity index (χ4v) is 1.78. The first kappa shape index (κ1) is 17.1. The Morgan fingerprint density at radius 1 is 1.17 bits per heavy atom. The lowest BCUT2D eigenvalue weighted by atomic mass is 10.2. The van der Waals surface area contributed by atoms with Crippen LogP contribution in [0.4, 0.5) is 10.1 Å². The lowest BCUT2D eigenvalue weighted by molar-refractivity contribution is -0.119. The summed E-state index contributed by atoms with van der Waals surface area (Å²) < 4.78 is 18.3. The Labute approximate surface area is 138 Å². The van der Waals surface area contributed by atoms with Gasteiger partial charge in [0.25, 0.3) is 5.91 Å². The van der Waals surface area contributed by atoms with Gasteiger partial charge in [0, 0.05) is 18.2 Å². The molecule has 2 aromatic rings. The van der Waals surface area contributed by atoms with Crippen molar-refractivity contribution in [3.63, 3.8) is 0 Å². The Bertz CT molecular complexity index is 745. The molecule has 0 bridgehead atoms. The molecule has 0 aliphatic rings. The number of benzene rings is 2. The maximum Gasteiger partial charge on any atom is 0.262 e. The molecule has 6 nitrogen and oxygen atoms in total. The lowest BCUT2D eigenvalue weighted by Crippen LogP contribution is -2.20. The molecule has 124 valence electrons. The van der Waals surface area contributed by atoms with E-state index in [-0.39, 0.29) is 24.2 Å². The van der Waals surface area contributed by atoms with Crippen LogP contribution >= 0.6 is 0 Å². The highest BCUT2D eigenvalue weighted by Crippen LogP contribution is 2.16. The number of amides is 2. The summed E-state index contributed by atoms with van der Waals surface area (Å²) in [5.74, 6) is -0.601. The summed E-state index contributed by atoms with van der Waals surface area (Å²) in [5, 5.41) is 6.36. The molecule has 0 spiro atoms. The molecule has 0 saturated heterocycles. The molecule has 0 aliphatic heterocycles. The van der Waals surface area contributed by atoms with Gasteiger partial charge in [0.1, 0.15) is 11.6 Å². The summed E-state index contributed by atoms with van der Waals surface area (Å²) in [6.45, 7) is 1.13. The van der Waals surface area contributed by atoms with E-state index in [9.17, 15) is 14.0 Å². The number of hydrazone groups is 1. The molecule has 2 aromatic carbocycles. The van der Waals surface area contributed by atoms with Gasteiger partial charge < -0.3 is 10.1 Å². The fraction of sp³-hybridized carbons (Fsp3) is 0.118. The maximum atomic E-state index is 12.8. The van der Waals surface area contributed by atoms with E-state index in [0.717, 1.165) is 0 Å². The van der Waals surface area contributed by atoms with Crippen LogP contribution in [0.5, 0.6) is 5.75 Å². The van der Waals surface area contributed by atoms with Crippen LogP contribution in [0.3, 0.4) is 0 Å². The second-order valence-electron chi connectivity index (χ2n) is 4.81. The van der Waals surface area contributed by atoms with Crippen molar-refractivity contribution in [2.75, 3.05) is 11.9 Å². The third-order valence-corrected chi connectivity index (χ3v) is 2.83. The monoisotopic (exact) mass is 329 g/mol. The molecule has 0 saturated carbocycles. The molecule has 0 fully saturated rings. The number of ether oxygens (including phenoxy) is 1. The first-order chi connectivity index (χ1) is 11.5. The second-order valence-corrected chi connectivity index (χ2v) is 4.81. The molecule has 2 amide bonds. The van der Waals surface area contributed by atoms with Crippen molar-refractivity contribution >= 4 is 23.7 Å². The molecule has 7 heteroatoms. The van der Waals surface area contributed by atoms with Crippen molar-refractivity contribution in [2.45, 2.75) is 6.92 Å². The number of nitrogens with one attached hydrogen (secondary N) is 2. The SMILES string of the molecule is CC(=O)N/N=C\c1ccccc1OCC(=O)Nc1ccc(F)cc1. The van der Waals surface area contributed by atoms with Crippen molar-refractivity contribution in [1.29, 1.82) is 0 Å². The summed E-state index contributed by atoms with van der Waals surface area (Å²) >= 11 is 0. The predicted octanol–water partition coefficient (Wildman–Crippen LogP) is 2.31. The zero-order chi connectivity index (χ0) is 17.4. The second kappa shape index (κ2) is 8.42. The average Bonchev–Trinajstić information content (AvgIpc) is 2.56. The van der Waals surface area contributed by atoms with Gasteiger partial charge in [-0.2, -0.15) is 5.10 Å². The predicted molar refractivity (Wildman–Crippen MR) is 88.4 cm³/mol. The minimum atomic E-state index is -0.379.